The van der Waals surface area contributed by atoms with Crippen molar-refractivity contribution in [2.45, 2.75) is 13.0 Å². The van der Waals surface area contributed by atoms with Crippen LogP contribution in [0.3, 0.4) is 0 Å². The number of aliphatic hydroxyl groups excluding tert-OH is 1. The van der Waals surface area contributed by atoms with Gasteiger partial charge in [0, 0.05) is 28.1 Å². The highest BCUT2D eigenvalue weighted by atomic mass is 79.9. The van der Waals surface area contributed by atoms with E-state index in [-0.39, 0.29) is 11.3 Å². The first-order valence-electron chi connectivity index (χ1n) is 9.71. The van der Waals surface area contributed by atoms with Crippen LogP contribution in [0.15, 0.2) is 83.1 Å². The van der Waals surface area contributed by atoms with Crippen molar-refractivity contribution in [3.05, 3.63) is 94.2 Å². The Morgan fingerprint density at radius 1 is 1.10 bits per heavy atom. The topological polar surface area (TPSA) is 79.7 Å². The van der Waals surface area contributed by atoms with Crippen LogP contribution in [0.2, 0.25) is 0 Å². The number of ketones is 1. The van der Waals surface area contributed by atoms with Crippen LogP contribution in [-0.2, 0) is 9.59 Å². The Labute approximate surface area is 187 Å². The van der Waals surface area contributed by atoms with Crippen molar-refractivity contribution in [2.24, 2.45) is 0 Å². The highest BCUT2D eigenvalue weighted by Gasteiger charge is 2.47. The van der Waals surface area contributed by atoms with Gasteiger partial charge in [-0.25, -0.2) is 0 Å². The highest BCUT2D eigenvalue weighted by Crippen LogP contribution is 2.42. The second-order valence-corrected chi connectivity index (χ2v) is 7.80. The van der Waals surface area contributed by atoms with Crippen molar-refractivity contribution >= 4 is 39.1 Å². The predicted molar refractivity (Wildman–Crippen MR) is 121 cm³/mol. The van der Waals surface area contributed by atoms with Gasteiger partial charge in [-0.1, -0.05) is 22.0 Å². The van der Waals surface area contributed by atoms with E-state index in [0.717, 1.165) is 4.47 Å². The molecule has 0 aliphatic carbocycles. The maximum atomic E-state index is 13.1. The Morgan fingerprint density at radius 3 is 2.45 bits per heavy atom. The van der Waals surface area contributed by atoms with E-state index in [0.29, 0.717) is 29.2 Å². The van der Waals surface area contributed by atoms with Gasteiger partial charge in [-0.2, -0.15) is 0 Å². The van der Waals surface area contributed by atoms with Crippen LogP contribution >= 0.6 is 15.9 Å². The summed E-state index contributed by atoms with van der Waals surface area (Å²) in [5.74, 6) is -1.03. The number of pyridine rings is 1. The summed E-state index contributed by atoms with van der Waals surface area (Å²) in [5.41, 5.74) is 1.67. The summed E-state index contributed by atoms with van der Waals surface area (Å²) in [6.45, 7) is 2.40. The van der Waals surface area contributed by atoms with Crippen LogP contribution in [0.1, 0.15) is 24.1 Å². The van der Waals surface area contributed by atoms with Crippen molar-refractivity contribution in [2.75, 3.05) is 11.5 Å². The average molecular weight is 479 g/mol. The van der Waals surface area contributed by atoms with Gasteiger partial charge >= 0.3 is 0 Å². The van der Waals surface area contributed by atoms with E-state index in [1.165, 1.54) is 4.90 Å². The number of carbonyl (C=O) groups excluding carboxylic acids is 2. The van der Waals surface area contributed by atoms with Crippen molar-refractivity contribution in [3.8, 4) is 5.75 Å². The Bertz CT molecular complexity index is 1160. The lowest BCUT2D eigenvalue weighted by atomic mass is 9.96. The fourth-order valence-electron chi connectivity index (χ4n) is 3.62. The molecule has 1 amide bonds. The van der Waals surface area contributed by atoms with Gasteiger partial charge in [0.15, 0.2) is 0 Å². The normalized spacial score (nSPS) is 17.7. The zero-order valence-corrected chi connectivity index (χ0v) is 18.2. The third kappa shape index (κ3) is 3.96. The number of Topliss-reactive ketones (excluding diaryl/α,β-unsaturated/α-hetero) is 1. The molecule has 1 aliphatic rings. The molecule has 2 aromatic carbocycles. The van der Waals surface area contributed by atoms with Crippen LogP contribution in [0, 0.1) is 0 Å². The maximum absolute atomic E-state index is 13.1. The number of benzene rings is 2. The molecule has 7 heteroatoms. The Hall–Kier alpha value is -3.45. The molecule has 1 atom stereocenters. The molecule has 0 saturated carbocycles. The maximum Gasteiger partial charge on any atom is 0.300 e. The fraction of sp³-hybridized carbons (Fsp3) is 0.125. The lowest BCUT2D eigenvalue weighted by molar-refractivity contribution is -0.132. The van der Waals surface area contributed by atoms with Crippen molar-refractivity contribution < 1.29 is 19.4 Å². The summed E-state index contributed by atoms with van der Waals surface area (Å²) in [7, 11) is 0. The van der Waals surface area contributed by atoms with Crippen molar-refractivity contribution in [1.29, 1.82) is 0 Å². The number of hydrogen-bond donors (Lipinski definition) is 1. The molecular weight excluding hydrogens is 460 g/mol. The van der Waals surface area contributed by atoms with Gasteiger partial charge in [-0.15, -0.1) is 0 Å². The third-order valence-electron chi connectivity index (χ3n) is 4.99. The molecule has 4 rings (SSSR count). The largest absolute Gasteiger partial charge is 0.507 e. The number of halogens is 1. The van der Waals surface area contributed by atoms with Gasteiger partial charge < -0.3 is 9.84 Å². The number of amides is 1. The molecule has 1 saturated heterocycles. The number of carbonyl (C=O) groups is 2. The van der Waals surface area contributed by atoms with Gasteiger partial charge in [-0.05, 0) is 67.1 Å². The number of aromatic nitrogens is 1. The van der Waals surface area contributed by atoms with E-state index in [4.69, 9.17) is 4.74 Å². The lowest BCUT2D eigenvalue weighted by Crippen LogP contribution is -2.29. The minimum atomic E-state index is -0.788. The molecule has 1 fully saturated rings. The molecule has 1 aromatic heterocycles. The summed E-state index contributed by atoms with van der Waals surface area (Å²) in [4.78, 5) is 31.6. The van der Waals surface area contributed by atoms with Crippen LogP contribution in [0.25, 0.3) is 5.76 Å². The minimum Gasteiger partial charge on any atom is -0.507 e. The Morgan fingerprint density at radius 2 is 1.81 bits per heavy atom. The minimum absolute atomic E-state index is 0.0281. The molecule has 31 heavy (non-hydrogen) atoms. The average Bonchev–Trinajstić information content (AvgIpc) is 3.05. The molecule has 1 N–H and O–H groups in total. The van der Waals surface area contributed by atoms with E-state index in [1.807, 2.05) is 13.0 Å². The smallest absolute Gasteiger partial charge is 0.300 e. The molecule has 6 nitrogen and oxygen atoms in total. The third-order valence-corrected chi connectivity index (χ3v) is 5.48. The van der Waals surface area contributed by atoms with E-state index in [2.05, 4.69) is 20.9 Å². The van der Waals surface area contributed by atoms with Crippen molar-refractivity contribution in [1.82, 2.24) is 4.98 Å². The van der Waals surface area contributed by atoms with Crippen LogP contribution in [0.4, 0.5) is 5.69 Å². The zero-order valence-electron chi connectivity index (χ0n) is 16.7. The first-order valence-corrected chi connectivity index (χ1v) is 10.5. The SMILES string of the molecule is CCOc1ccc(/C(O)=C2\C(=O)C(=O)N(c3cccc(Br)c3)C2c2ccncc2)cc1. The standard InChI is InChI=1S/C24H19BrN2O4/c1-2-31-19-8-6-16(7-9-19)22(28)20-21(15-10-12-26-13-11-15)27(24(30)23(20)29)18-5-3-4-17(25)14-18/h3-14,21,28H,2H2,1H3/b22-20+. The predicted octanol–water partition coefficient (Wildman–Crippen LogP) is 4.87. The van der Waals surface area contributed by atoms with Crippen LogP contribution in [-0.4, -0.2) is 28.4 Å². The summed E-state index contributed by atoms with van der Waals surface area (Å²) in [5, 5.41) is 11.1. The van der Waals surface area contributed by atoms with Gasteiger partial charge in [-0.3, -0.25) is 19.5 Å². The number of nitrogens with zero attached hydrogens (tertiary/aromatic N) is 2. The lowest BCUT2D eigenvalue weighted by Gasteiger charge is -2.25. The quantitative estimate of drug-likeness (QED) is 0.321. The molecule has 156 valence electrons. The van der Waals surface area contributed by atoms with Gasteiger partial charge in [0.05, 0.1) is 18.2 Å². The first-order chi connectivity index (χ1) is 15.0. The molecule has 3 aromatic rings. The Balaban J connectivity index is 1.88. The summed E-state index contributed by atoms with van der Waals surface area (Å²) in [6.07, 6.45) is 3.18. The van der Waals surface area contributed by atoms with Crippen LogP contribution < -0.4 is 9.64 Å². The summed E-state index contributed by atoms with van der Waals surface area (Å²) in [6, 6.07) is 16.6. The van der Waals surface area contributed by atoms with E-state index in [9.17, 15) is 14.7 Å². The molecule has 0 spiro atoms. The number of hydrogen-bond acceptors (Lipinski definition) is 5. The summed E-state index contributed by atoms with van der Waals surface area (Å²) >= 11 is 3.41. The van der Waals surface area contributed by atoms with Gasteiger partial charge in [0.25, 0.3) is 11.7 Å². The highest BCUT2D eigenvalue weighted by molar-refractivity contribution is 9.10. The van der Waals surface area contributed by atoms with Gasteiger partial charge in [0.1, 0.15) is 11.5 Å². The molecule has 1 unspecified atom stereocenters. The van der Waals surface area contributed by atoms with E-state index < -0.39 is 17.7 Å². The summed E-state index contributed by atoms with van der Waals surface area (Å²) < 4.78 is 6.21. The molecule has 0 bridgehead atoms. The van der Waals surface area contributed by atoms with Crippen molar-refractivity contribution in [3.63, 3.8) is 0 Å². The van der Waals surface area contributed by atoms with Gasteiger partial charge in [0.2, 0.25) is 0 Å². The first kappa shape index (κ1) is 20.8. The molecule has 2 heterocycles. The number of anilines is 1. The molecular formula is C24H19BrN2O4. The van der Waals surface area contributed by atoms with E-state index >= 15 is 0 Å². The number of rotatable bonds is 5. The fourth-order valence-corrected chi connectivity index (χ4v) is 4.00. The number of aliphatic hydroxyl groups is 1. The molecule has 1 aliphatic heterocycles. The monoisotopic (exact) mass is 478 g/mol. The second-order valence-electron chi connectivity index (χ2n) is 6.89. The number of ether oxygens (including phenoxy) is 1. The molecule has 0 radical (unpaired) electrons. The van der Waals surface area contributed by atoms with Crippen LogP contribution in [0.5, 0.6) is 5.75 Å². The zero-order chi connectivity index (χ0) is 22.0. The second kappa shape index (κ2) is 8.73. The van der Waals surface area contributed by atoms with E-state index in [1.54, 1.807) is 67.0 Å². The Kier molecular flexibility index (Phi) is 5.86.